The summed E-state index contributed by atoms with van der Waals surface area (Å²) in [5.41, 5.74) is 9.17. The largest absolute Gasteiger partial charge is 0.345 e. The maximum atomic E-state index is 12.1. The molecule has 0 unspecified atom stereocenters. The Morgan fingerprint density at radius 2 is 2.15 bits per heavy atom. The molecule has 0 spiro atoms. The number of nitrogens with one attached hydrogen (secondary N) is 2. The standard InChI is InChI=1S/C14H13N5O/c15-7-9-3-4-16-13(5-9)14(20)19-10-1-2-11-12(6-10)18-8-17-11/h1-6,8H,7,15H2,(H,17,18)(H,19,20). The van der Waals surface area contributed by atoms with Crippen LogP contribution in [-0.2, 0) is 6.54 Å². The van der Waals surface area contributed by atoms with Gasteiger partial charge in [0.2, 0.25) is 0 Å². The van der Waals surface area contributed by atoms with Gasteiger partial charge in [0, 0.05) is 18.4 Å². The van der Waals surface area contributed by atoms with Gasteiger partial charge in [0.1, 0.15) is 5.69 Å². The number of aromatic nitrogens is 3. The second-order valence-electron chi connectivity index (χ2n) is 4.34. The van der Waals surface area contributed by atoms with E-state index in [-0.39, 0.29) is 5.91 Å². The molecule has 0 atom stereocenters. The minimum absolute atomic E-state index is 0.265. The van der Waals surface area contributed by atoms with Gasteiger partial charge in [0.15, 0.2) is 0 Å². The van der Waals surface area contributed by atoms with Crippen LogP contribution in [0.15, 0.2) is 42.9 Å². The van der Waals surface area contributed by atoms with Gasteiger partial charge in [-0.3, -0.25) is 9.78 Å². The normalized spacial score (nSPS) is 10.7. The van der Waals surface area contributed by atoms with Crippen LogP contribution in [0.5, 0.6) is 0 Å². The van der Waals surface area contributed by atoms with E-state index >= 15 is 0 Å². The van der Waals surface area contributed by atoms with Crippen molar-refractivity contribution in [3.63, 3.8) is 0 Å². The summed E-state index contributed by atoms with van der Waals surface area (Å²) in [6.07, 6.45) is 3.19. The first-order valence-electron chi connectivity index (χ1n) is 6.16. The fourth-order valence-corrected chi connectivity index (χ4v) is 1.93. The van der Waals surface area contributed by atoms with E-state index in [1.54, 1.807) is 30.7 Å². The highest BCUT2D eigenvalue weighted by molar-refractivity contribution is 6.03. The Labute approximate surface area is 115 Å². The lowest BCUT2D eigenvalue weighted by molar-refractivity contribution is 0.102. The molecule has 6 nitrogen and oxygen atoms in total. The molecule has 100 valence electrons. The number of carbonyl (C=O) groups is 1. The van der Waals surface area contributed by atoms with E-state index in [0.717, 1.165) is 16.6 Å². The Morgan fingerprint density at radius 1 is 1.25 bits per heavy atom. The number of aromatic amines is 1. The van der Waals surface area contributed by atoms with Crippen LogP contribution in [0.2, 0.25) is 0 Å². The van der Waals surface area contributed by atoms with E-state index in [4.69, 9.17) is 5.73 Å². The van der Waals surface area contributed by atoms with Crippen LogP contribution in [0.1, 0.15) is 16.1 Å². The first-order chi connectivity index (χ1) is 9.76. The van der Waals surface area contributed by atoms with Crippen molar-refractivity contribution in [3.05, 3.63) is 54.1 Å². The Bertz CT molecular complexity index is 765. The topological polar surface area (TPSA) is 96.7 Å². The van der Waals surface area contributed by atoms with E-state index in [2.05, 4.69) is 20.3 Å². The summed E-state index contributed by atoms with van der Waals surface area (Å²) in [5.74, 6) is -0.265. The fraction of sp³-hybridized carbons (Fsp3) is 0.0714. The monoisotopic (exact) mass is 267 g/mol. The highest BCUT2D eigenvalue weighted by Gasteiger charge is 2.08. The molecule has 0 saturated carbocycles. The molecule has 1 amide bonds. The van der Waals surface area contributed by atoms with Crippen LogP contribution < -0.4 is 11.1 Å². The maximum Gasteiger partial charge on any atom is 0.274 e. The predicted molar refractivity (Wildman–Crippen MR) is 76.2 cm³/mol. The number of nitrogens with two attached hydrogens (primary N) is 1. The molecule has 6 heteroatoms. The highest BCUT2D eigenvalue weighted by Crippen LogP contribution is 2.16. The van der Waals surface area contributed by atoms with Crippen molar-refractivity contribution in [3.8, 4) is 0 Å². The van der Waals surface area contributed by atoms with Crippen LogP contribution in [0.4, 0.5) is 5.69 Å². The van der Waals surface area contributed by atoms with Gasteiger partial charge >= 0.3 is 0 Å². The van der Waals surface area contributed by atoms with Crippen LogP contribution in [0.25, 0.3) is 11.0 Å². The van der Waals surface area contributed by atoms with Crippen molar-refractivity contribution in [2.75, 3.05) is 5.32 Å². The lowest BCUT2D eigenvalue weighted by atomic mass is 10.2. The van der Waals surface area contributed by atoms with Crippen LogP contribution in [0, 0.1) is 0 Å². The predicted octanol–water partition coefficient (Wildman–Crippen LogP) is 1.67. The molecule has 0 saturated heterocycles. The summed E-state index contributed by atoms with van der Waals surface area (Å²) in [6.45, 7) is 0.378. The molecule has 0 radical (unpaired) electrons. The Balaban J connectivity index is 1.83. The van der Waals surface area contributed by atoms with E-state index < -0.39 is 0 Å². The first-order valence-corrected chi connectivity index (χ1v) is 6.16. The van der Waals surface area contributed by atoms with Crippen molar-refractivity contribution in [2.45, 2.75) is 6.54 Å². The zero-order chi connectivity index (χ0) is 13.9. The van der Waals surface area contributed by atoms with Crippen LogP contribution in [-0.4, -0.2) is 20.9 Å². The van der Waals surface area contributed by atoms with E-state index in [1.807, 2.05) is 12.1 Å². The molecule has 3 rings (SSSR count). The molecule has 1 aromatic carbocycles. The molecule has 0 aliphatic rings. The summed E-state index contributed by atoms with van der Waals surface area (Å²) in [6, 6.07) is 8.93. The summed E-state index contributed by atoms with van der Waals surface area (Å²) < 4.78 is 0. The van der Waals surface area contributed by atoms with Crippen LogP contribution >= 0.6 is 0 Å². The number of benzene rings is 1. The lowest BCUT2D eigenvalue weighted by Gasteiger charge is -2.05. The van der Waals surface area contributed by atoms with Crippen molar-refractivity contribution >= 4 is 22.6 Å². The smallest absolute Gasteiger partial charge is 0.274 e. The average Bonchev–Trinajstić information content (AvgIpc) is 2.95. The van der Waals surface area contributed by atoms with Gasteiger partial charge in [-0.25, -0.2) is 4.98 Å². The first kappa shape index (κ1) is 12.3. The summed E-state index contributed by atoms with van der Waals surface area (Å²) >= 11 is 0. The van der Waals surface area contributed by atoms with Gasteiger partial charge in [-0.15, -0.1) is 0 Å². The number of rotatable bonds is 3. The molecule has 3 aromatic rings. The number of anilines is 1. The minimum Gasteiger partial charge on any atom is -0.345 e. The molecule has 20 heavy (non-hydrogen) atoms. The quantitative estimate of drug-likeness (QED) is 0.672. The molecule has 0 fully saturated rings. The summed E-state index contributed by atoms with van der Waals surface area (Å²) in [7, 11) is 0. The van der Waals surface area contributed by atoms with Gasteiger partial charge in [-0.1, -0.05) is 0 Å². The molecule has 0 bridgehead atoms. The van der Waals surface area contributed by atoms with E-state index in [0.29, 0.717) is 17.9 Å². The molecule has 0 aliphatic heterocycles. The number of nitrogens with zero attached hydrogens (tertiary/aromatic N) is 2. The second-order valence-corrected chi connectivity index (χ2v) is 4.34. The lowest BCUT2D eigenvalue weighted by Crippen LogP contribution is -2.14. The van der Waals surface area contributed by atoms with Gasteiger partial charge in [0.25, 0.3) is 5.91 Å². The maximum absolute atomic E-state index is 12.1. The average molecular weight is 267 g/mol. The number of fused-ring (bicyclic) bond motifs is 1. The molecule has 4 N–H and O–H groups in total. The Kier molecular flexibility index (Phi) is 3.14. The summed E-state index contributed by atoms with van der Waals surface area (Å²) in [5, 5.41) is 2.80. The number of hydrogen-bond acceptors (Lipinski definition) is 4. The van der Waals surface area contributed by atoms with Crippen molar-refractivity contribution in [1.82, 2.24) is 15.0 Å². The molecule has 2 aromatic heterocycles. The highest BCUT2D eigenvalue weighted by atomic mass is 16.1. The Hall–Kier alpha value is -2.73. The molecular weight excluding hydrogens is 254 g/mol. The molecule has 0 aliphatic carbocycles. The van der Waals surface area contributed by atoms with E-state index in [9.17, 15) is 4.79 Å². The number of imidazole rings is 1. The van der Waals surface area contributed by atoms with E-state index in [1.165, 1.54) is 0 Å². The number of H-pyrrole nitrogens is 1. The number of hydrogen-bond donors (Lipinski definition) is 3. The van der Waals surface area contributed by atoms with Crippen LogP contribution in [0.3, 0.4) is 0 Å². The zero-order valence-electron chi connectivity index (χ0n) is 10.6. The minimum atomic E-state index is -0.265. The van der Waals surface area contributed by atoms with Crippen molar-refractivity contribution in [1.29, 1.82) is 0 Å². The third-order valence-corrected chi connectivity index (χ3v) is 2.97. The molecule has 2 heterocycles. The number of pyridine rings is 1. The summed E-state index contributed by atoms with van der Waals surface area (Å²) in [4.78, 5) is 23.3. The number of carbonyl (C=O) groups excluding carboxylic acids is 1. The number of amides is 1. The van der Waals surface area contributed by atoms with Gasteiger partial charge < -0.3 is 16.0 Å². The second kappa shape index (κ2) is 5.10. The van der Waals surface area contributed by atoms with Crippen molar-refractivity contribution in [2.24, 2.45) is 5.73 Å². The third kappa shape index (κ3) is 2.36. The van der Waals surface area contributed by atoms with Gasteiger partial charge in [-0.05, 0) is 35.9 Å². The fourth-order valence-electron chi connectivity index (χ4n) is 1.93. The molecular formula is C14H13N5O. The SMILES string of the molecule is NCc1ccnc(C(=O)Nc2ccc3nc[nH]c3c2)c1. The third-order valence-electron chi connectivity index (χ3n) is 2.97. The van der Waals surface area contributed by atoms with Gasteiger partial charge in [-0.2, -0.15) is 0 Å². The van der Waals surface area contributed by atoms with Gasteiger partial charge in [0.05, 0.1) is 17.4 Å². The van der Waals surface area contributed by atoms with Crippen molar-refractivity contribution < 1.29 is 4.79 Å². The zero-order valence-corrected chi connectivity index (χ0v) is 10.6. The Morgan fingerprint density at radius 3 is 3.00 bits per heavy atom.